The van der Waals surface area contributed by atoms with Gasteiger partial charge < -0.3 is 4.42 Å². The number of aromatic nitrogens is 1. The molecule has 0 saturated carbocycles. The van der Waals surface area contributed by atoms with Crippen LogP contribution < -0.4 is 4.57 Å². The molecule has 128 valence electrons. The summed E-state index contributed by atoms with van der Waals surface area (Å²) in [7, 11) is 2.04. The molecular weight excluding hydrogens is 320 g/mol. The Kier molecular flexibility index (Phi) is 3.77. The van der Waals surface area contributed by atoms with Gasteiger partial charge in [-0.1, -0.05) is 26.0 Å². The van der Waals surface area contributed by atoms with Gasteiger partial charge in [-0.05, 0) is 42.2 Å². The van der Waals surface area contributed by atoms with E-state index in [1.807, 2.05) is 31.4 Å². The normalized spacial score (nSPS) is 11.4. The van der Waals surface area contributed by atoms with Gasteiger partial charge in [-0.2, -0.15) is 5.26 Å². The Bertz CT molecular complexity index is 1190. The zero-order chi connectivity index (χ0) is 18.4. The van der Waals surface area contributed by atoms with Crippen molar-refractivity contribution in [3.63, 3.8) is 0 Å². The van der Waals surface area contributed by atoms with E-state index in [0.717, 1.165) is 44.3 Å². The molecule has 4 rings (SSSR count). The number of furan rings is 1. The Morgan fingerprint density at radius 1 is 1.12 bits per heavy atom. The summed E-state index contributed by atoms with van der Waals surface area (Å²) in [5.41, 5.74) is 6.76. The molecule has 0 radical (unpaired) electrons. The van der Waals surface area contributed by atoms with Crippen LogP contribution in [0.25, 0.3) is 33.2 Å². The van der Waals surface area contributed by atoms with Crippen LogP contribution in [0, 0.1) is 18.3 Å². The van der Waals surface area contributed by atoms with Gasteiger partial charge in [0.2, 0.25) is 5.69 Å². The molecule has 0 atom stereocenters. The zero-order valence-electron chi connectivity index (χ0n) is 15.5. The van der Waals surface area contributed by atoms with Gasteiger partial charge in [0.15, 0.2) is 6.20 Å². The maximum absolute atomic E-state index is 9.71. The standard InChI is InChI=1S/C23H21N2O/c1-14(2)16-11-17(13-24)22-18-9-8-15(3)21(23(18)26-20(22)12-16)19-7-5-6-10-25(19)4/h5-12,14H,1-4H3/q+1. The van der Waals surface area contributed by atoms with E-state index >= 15 is 0 Å². The first-order chi connectivity index (χ1) is 12.5. The molecule has 26 heavy (non-hydrogen) atoms. The van der Waals surface area contributed by atoms with Crippen molar-refractivity contribution in [2.45, 2.75) is 26.7 Å². The largest absolute Gasteiger partial charge is 0.455 e. The third kappa shape index (κ3) is 2.38. The molecule has 0 saturated heterocycles. The van der Waals surface area contributed by atoms with Gasteiger partial charge in [0.25, 0.3) is 0 Å². The number of benzene rings is 2. The summed E-state index contributed by atoms with van der Waals surface area (Å²) in [6.07, 6.45) is 2.04. The van der Waals surface area contributed by atoms with Crippen LogP contribution in [0.15, 0.2) is 53.1 Å². The van der Waals surface area contributed by atoms with Crippen molar-refractivity contribution in [3.8, 4) is 17.3 Å². The van der Waals surface area contributed by atoms with Crippen LogP contribution in [0.3, 0.4) is 0 Å². The van der Waals surface area contributed by atoms with Crippen molar-refractivity contribution in [2.75, 3.05) is 0 Å². The molecule has 0 aliphatic rings. The van der Waals surface area contributed by atoms with E-state index < -0.39 is 0 Å². The maximum atomic E-state index is 9.71. The fraction of sp³-hybridized carbons (Fsp3) is 0.217. The molecule has 2 heterocycles. The van der Waals surface area contributed by atoms with E-state index in [4.69, 9.17) is 4.42 Å². The Morgan fingerprint density at radius 3 is 2.62 bits per heavy atom. The summed E-state index contributed by atoms with van der Waals surface area (Å²) < 4.78 is 8.44. The third-order valence-electron chi connectivity index (χ3n) is 5.07. The van der Waals surface area contributed by atoms with Crippen LogP contribution in [0.5, 0.6) is 0 Å². The summed E-state index contributed by atoms with van der Waals surface area (Å²) in [4.78, 5) is 0. The van der Waals surface area contributed by atoms with E-state index in [9.17, 15) is 5.26 Å². The van der Waals surface area contributed by atoms with Crippen molar-refractivity contribution < 1.29 is 8.98 Å². The number of rotatable bonds is 2. The zero-order valence-corrected chi connectivity index (χ0v) is 15.5. The Morgan fingerprint density at radius 2 is 1.92 bits per heavy atom. The molecule has 0 bridgehead atoms. The van der Waals surface area contributed by atoms with Gasteiger partial charge in [-0.25, -0.2) is 4.57 Å². The van der Waals surface area contributed by atoms with Crippen molar-refractivity contribution >= 4 is 21.9 Å². The number of nitriles is 1. The molecular formula is C23H21N2O+. The number of hydrogen-bond acceptors (Lipinski definition) is 2. The molecule has 0 aliphatic carbocycles. The second-order valence-electron chi connectivity index (χ2n) is 7.14. The lowest BCUT2D eigenvalue weighted by Crippen LogP contribution is -2.30. The van der Waals surface area contributed by atoms with Crippen LogP contribution in [-0.4, -0.2) is 0 Å². The van der Waals surface area contributed by atoms with Crippen LogP contribution in [0.1, 0.15) is 36.5 Å². The SMILES string of the molecule is Cc1ccc2c(oc3cc(C(C)C)cc(C#N)c32)c1-c1cccc[n+]1C. The van der Waals surface area contributed by atoms with E-state index in [2.05, 4.69) is 55.7 Å². The third-order valence-corrected chi connectivity index (χ3v) is 5.07. The summed E-state index contributed by atoms with van der Waals surface area (Å²) >= 11 is 0. The van der Waals surface area contributed by atoms with Gasteiger partial charge in [-0.3, -0.25) is 0 Å². The Hall–Kier alpha value is -3.12. The smallest absolute Gasteiger partial charge is 0.216 e. The fourth-order valence-corrected chi connectivity index (χ4v) is 3.61. The first-order valence-corrected chi connectivity index (χ1v) is 8.86. The van der Waals surface area contributed by atoms with Gasteiger partial charge >= 0.3 is 0 Å². The van der Waals surface area contributed by atoms with Crippen LogP contribution >= 0.6 is 0 Å². The number of fused-ring (bicyclic) bond motifs is 3. The maximum Gasteiger partial charge on any atom is 0.216 e. The molecule has 3 nitrogen and oxygen atoms in total. The monoisotopic (exact) mass is 341 g/mol. The Labute approximate surface area is 153 Å². The number of hydrogen-bond donors (Lipinski definition) is 0. The van der Waals surface area contributed by atoms with Crippen LogP contribution in [0.4, 0.5) is 0 Å². The first kappa shape index (κ1) is 16.4. The predicted molar refractivity (Wildman–Crippen MR) is 104 cm³/mol. The van der Waals surface area contributed by atoms with Gasteiger partial charge in [0.1, 0.15) is 18.2 Å². The van der Waals surface area contributed by atoms with Crippen LogP contribution in [-0.2, 0) is 7.05 Å². The minimum atomic E-state index is 0.341. The van der Waals surface area contributed by atoms with Crippen molar-refractivity contribution in [1.29, 1.82) is 5.26 Å². The summed E-state index contributed by atoms with van der Waals surface area (Å²) in [5.74, 6) is 0.341. The lowest BCUT2D eigenvalue weighted by molar-refractivity contribution is -0.660. The second-order valence-corrected chi connectivity index (χ2v) is 7.14. The minimum Gasteiger partial charge on any atom is -0.455 e. The quantitative estimate of drug-likeness (QED) is 0.459. The lowest BCUT2D eigenvalue weighted by Gasteiger charge is -2.05. The highest BCUT2D eigenvalue weighted by Crippen LogP contribution is 2.39. The average molecular weight is 341 g/mol. The van der Waals surface area contributed by atoms with Gasteiger partial charge in [0, 0.05) is 22.9 Å². The highest BCUT2D eigenvalue weighted by molar-refractivity contribution is 6.12. The van der Waals surface area contributed by atoms with Crippen LogP contribution in [0.2, 0.25) is 0 Å². The average Bonchev–Trinajstić information content (AvgIpc) is 3.00. The summed E-state index contributed by atoms with van der Waals surface area (Å²) in [6.45, 7) is 6.36. The molecule has 3 heteroatoms. The molecule has 0 fully saturated rings. The molecule has 0 amide bonds. The number of nitrogens with zero attached hydrogens (tertiary/aromatic N) is 2. The molecule has 0 N–H and O–H groups in total. The first-order valence-electron chi connectivity index (χ1n) is 8.86. The lowest BCUT2D eigenvalue weighted by atomic mass is 9.96. The summed E-state index contributed by atoms with van der Waals surface area (Å²) in [5, 5.41) is 11.6. The fourth-order valence-electron chi connectivity index (χ4n) is 3.61. The molecule has 2 aromatic carbocycles. The minimum absolute atomic E-state index is 0.341. The summed E-state index contributed by atoms with van der Waals surface area (Å²) in [6, 6.07) is 16.8. The molecule has 4 aromatic rings. The van der Waals surface area contributed by atoms with E-state index in [-0.39, 0.29) is 0 Å². The van der Waals surface area contributed by atoms with E-state index in [1.54, 1.807) is 0 Å². The molecule has 0 aliphatic heterocycles. The van der Waals surface area contributed by atoms with E-state index in [1.165, 1.54) is 0 Å². The predicted octanol–water partition coefficient (Wildman–Crippen LogP) is 5.38. The molecule has 0 spiro atoms. The second kappa shape index (κ2) is 6.00. The Balaban J connectivity index is 2.16. The molecule has 2 aromatic heterocycles. The van der Waals surface area contributed by atoms with E-state index in [0.29, 0.717) is 11.5 Å². The molecule has 0 unspecified atom stereocenters. The van der Waals surface area contributed by atoms with Gasteiger partial charge in [0.05, 0.1) is 17.2 Å². The van der Waals surface area contributed by atoms with Crippen molar-refractivity contribution in [1.82, 2.24) is 0 Å². The van der Waals surface area contributed by atoms with Gasteiger partial charge in [-0.15, -0.1) is 0 Å². The number of aryl methyl sites for hydroxylation is 2. The highest BCUT2D eigenvalue weighted by atomic mass is 16.3. The topological polar surface area (TPSA) is 40.8 Å². The highest BCUT2D eigenvalue weighted by Gasteiger charge is 2.22. The van der Waals surface area contributed by atoms with Crippen molar-refractivity contribution in [2.24, 2.45) is 7.05 Å². The van der Waals surface area contributed by atoms with Crippen molar-refractivity contribution in [3.05, 3.63) is 65.4 Å². The number of pyridine rings is 1.